The van der Waals surface area contributed by atoms with Crippen LogP contribution in [-0.4, -0.2) is 50.3 Å². The standard InChI is InChI=1S/C29H33ClN2O4S/c1-23-9-6-7-12-27(23)37(34,35)32-18-8-17-29(21-32,22-36-26-15-13-25(30)14-16-26)19-28(33)31(2)20-24-10-4-3-5-11-24/h3-7,9-16H,8,17-22H2,1-2H3. The van der Waals surface area contributed by atoms with Crippen LogP contribution in [0.4, 0.5) is 0 Å². The molecular formula is C29H33ClN2O4S. The summed E-state index contributed by atoms with van der Waals surface area (Å²) in [6.45, 7) is 3.13. The molecule has 1 saturated heterocycles. The molecule has 3 aromatic rings. The molecule has 0 saturated carbocycles. The zero-order chi connectivity index (χ0) is 26.5. The van der Waals surface area contributed by atoms with Gasteiger partial charge in [0.2, 0.25) is 15.9 Å². The lowest BCUT2D eigenvalue weighted by Gasteiger charge is -2.42. The van der Waals surface area contributed by atoms with Gasteiger partial charge in [0.05, 0.1) is 11.5 Å². The Hall–Kier alpha value is -2.87. The number of aryl methyl sites for hydroxylation is 1. The first-order valence-electron chi connectivity index (χ1n) is 12.4. The first-order valence-corrected chi connectivity index (χ1v) is 14.2. The summed E-state index contributed by atoms with van der Waals surface area (Å²) >= 11 is 6.02. The number of hydrogen-bond acceptors (Lipinski definition) is 4. The largest absolute Gasteiger partial charge is 0.493 e. The van der Waals surface area contributed by atoms with E-state index in [1.807, 2.05) is 36.4 Å². The Labute approximate surface area is 224 Å². The maximum absolute atomic E-state index is 13.6. The van der Waals surface area contributed by atoms with E-state index in [0.29, 0.717) is 47.2 Å². The van der Waals surface area contributed by atoms with Crippen LogP contribution in [0.25, 0.3) is 0 Å². The number of ether oxygens (including phenoxy) is 1. The molecule has 1 fully saturated rings. The molecule has 0 radical (unpaired) electrons. The van der Waals surface area contributed by atoms with Crippen LogP contribution in [0, 0.1) is 12.3 Å². The van der Waals surface area contributed by atoms with Crippen molar-refractivity contribution in [2.24, 2.45) is 5.41 Å². The van der Waals surface area contributed by atoms with Crippen molar-refractivity contribution in [1.82, 2.24) is 9.21 Å². The normalized spacial score (nSPS) is 18.4. The number of amides is 1. The molecule has 1 atom stereocenters. The van der Waals surface area contributed by atoms with Gasteiger partial charge in [-0.3, -0.25) is 4.79 Å². The molecule has 37 heavy (non-hydrogen) atoms. The summed E-state index contributed by atoms with van der Waals surface area (Å²) < 4.78 is 35.0. The van der Waals surface area contributed by atoms with Crippen LogP contribution in [0.15, 0.2) is 83.8 Å². The first kappa shape index (κ1) is 27.2. The predicted octanol–water partition coefficient (Wildman–Crippen LogP) is 5.55. The molecule has 1 aliphatic heterocycles. The zero-order valence-corrected chi connectivity index (χ0v) is 22.8. The summed E-state index contributed by atoms with van der Waals surface area (Å²) in [6, 6.07) is 23.9. The van der Waals surface area contributed by atoms with Crippen molar-refractivity contribution in [3.63, 3.8) is 0 Å². The highest BCUT2D eigenvalue weighted by Gasteiger charge is 2.43. The minimum absolute atomic E-state index is 0.0429. The van der Waals surface area contributed by atoms with Gasteiger partial charge in [0.1, 0.15) is 5.75 Å². The number of halogens is 1. The fraction of sp³-hybridized carbons (Fsp3) is 0.345. The van der Waals surface area contributed by atoms with Gasteiger partial charge in [-0.1, -0.05) is 60.1 Å². The minimum Gasteiger partial charge on any atom is -0.493 e. The highest BCUT2D eigenvalue weighted by atomic mass is 35.5. The van der Waals surface area contributed by atoms with Crippen molar-refractivity contribution in [3.8, 4) is 5.75 Å². The van der Waals surface area contributed by atoms with Crippen LogP contribution in [0.1, 0.15) is 30.4 Å². The maximum Gasteiger partial charge on any atom is 0.243 e. The molecule has 1 heterocycles. The van der Waals surface area contributed by atoms with Crippen molar-refractivity contribution in [2.45, 2.75) is 37.6 Å². The van der Waals surface area contributed by atoms with Crippen LogP contribution >= 0.6 is 11.6 Å². The topological polar surface area (TPSA) is 66.9 Å². The molecule has 1 amide bonds. The van der Waals surface area contributed by atoms with Crippen molar-refractivity contribution < 1.29 is 17.9 Å². The van der Waals surface area contributed by atoms with Crippen molar-refractivity contribution in [2.75, 3.05) is 26.7 Å². The van der Waals surface area contributed by atoms with Crippen LogP contribution in [0.2, 0.25) is 5.02 Å². The molecule has 0 bridgehead atoms. The number of benzene rings is 3. The van der Waals surface area contributed by atoms with Crippen LogP contribution in [0.3, 0.4) is 0 Å². The number of carbonyl (C=O) groups excluding carboxylic acids is 1. The SMILES string of the molecule is Cc1ccccc1S(=O)(=O)N1CCCC(COc2ccc(Cl)cc2)(CC(=O)N(C)Cc2ccccc2)C1. The number of rotatable bonds is 9. The Morgan fingerprint density at radius 1 is 1.03 bits per heavy atom. The Kier molecular flexibility index (Phi) is 8.57. The number of hydrogen-bond donors (Lipinski definition) is 0. The Bertz CT molecular complexity index is 1320. The summed E-state index contributed by atoms with van der Waals surface area (Å²) in [7, 11) is -1.94. The van der Waals surface area contributed by atoms with Gasteiger partial charge in [0.25, 0.3) is 0 Å². The van der Waals surface area contributed by atoms with Gasteiger partial charge >= 0.3 is 0 Å². The average Bonchev–Trinajstić information content (AvgIpc) is 2.89. The Balaban J connectivity index is 1.58. The van der Waals surface area contributed by atoms with E-state index in [9.17, 15) is 13.2 Å². The Morgan fingerprint density at radius 2 is 1.70 bits per heavy atom. The number of carbonyl (C=O) groups is 1. The molecule has 3 aromatic carbocycles. The molecule has 1 aliphatic rings. The summed E-state index contributed by atoms with van der Waals surface area (Å²) in [5.41, 5.74) is 1.07. The molecule has 0 spiro atoms. The third-order valence-electron chi connectivity index (χ3n) is 6.91. The summed E-state index contributed by atoms with van der Waals surface area (Å²) in [6.07, 6.45) is 1.51. The molecule has 4 rings (SSSR count). The third kappa shape index (κ3) is 6.72. The lowest BCUT2D eigenvalue weighted by Crippen LogP contribution is -2.50. The van der Waals surface area contributed by atoms with Crippen molar-refractivity contribution in [1.29, 1.82) is 0 Å². The second-order valence-electron chi connectivity index (χ2n) is 9.86. The predicted molar refractivity (Wildman–Crippen MR) is 146 cm³/mol. The van der Waals surface area contributed by atoms with Crippen LogP contribution in [0.5, 0.6) is 5.75 Å². The third-order valence-corrected chi connectivity index (χ3v) is 9.17. The van der Waals surface area contributed by atoms with Crippen molar-refractivity contribution >= 4 is 27.5 Å². The number of piperidine rings is 1. The lowest BCUT2D eigenvalue weighted by atomic mass is 9.78. The van der Waals surface area contributed by atoms with Crippen LogP contribution in [-0.2, 0) is 21.4 Å². The second kappa shape index (κ2) is 11.7. The molecule has 1 unspecified atom stereocenters. The summed E-state index contributed by atoms with van der Waals surface area (Å²) in [5, 5.41) is 0.605. The molecule has 6 nitrogen and oxygen atoms in total. The minimum atomic E-state index is -3.72. The number of sulfonamides is 1. The quantitative estimate of drug-likeness (QED) is 0.357. The summed E-state index contributed by atoms with van der Waals surface area (Å²) in [4.78, 5) is 15.4. The van der Waals surface area contributed by atoms with Gasteiger partial charge in [-0.2, -0.15) is 4.31 Å². The average molecular weight is 541 g/mol. The van der Waals surface area contributed by atoms with E-state index in [1.165, 1.54) is 4.31 Å². The molecular weight excluding hydrogens is 508 g/mol. The molecule has 0 aliphatic carbocycles. The van der Waals surface area contributed by atoms with Gasteiger partial charge in [0.15, 0.2) is 0 Å². The monoisotopic (exact) mass is 540 g/mol. The van der Waals surface area contributed by atoms with Crippen molar-refractivity contribution in [3.05, 3.63) is 95.0 Å². The molecule has 0 N–H and O–H groups in total. The first-order chi connectivity index (χ1) is 17.7. The highest BCUT2D eigenvalue weighted by molar-refractivity contribution is 7.89. The van der Waals surface area contributed by atoms with Gasteiger partial charge in [-0.15, -0.1) is 0 Å². The lowest BCUT2D eigenvalue weighted by molar-refractivity contribution is -0.134. The zero-order valence-electron chi connectivity index (χ0n) is 21.3. The maximum atomic E-state index is 13.6. The van der Waals surface area contributed by atoms with Gasteiger partial charge in [0, 0.05) is 43.5 Å². The van der Waals surface area contributed by atoms with E-state index in [1.54, 1.807) is 61.3 Å². The van der Waals surface area contributed by atoms with E-state index in [4.69, 9.17) is 16.3 Å². The highest BCUT2D eigenvalue weighted by Crippen LogP contribution is 2.38. The van der Waals surface area contributed by atoms with E-state index in [-0.39, 0.29) is 25.5 Å². The second-order valence-corrected chi connectivity index (χ2v) is 12.2. The fourth-order valence-electron chi connectivity index (χ4n) is 4.83. The molecule has 0 aromatic heterocycles. The number of nitrogens with zero attached hydrogens (tertiary/aromatic N) is 2. The van der Waals surface area contributed by atoms with Gasteiger partial charge in [-0.05, 0) is 61.2 Å². The fourth-order valence-corrected chi connectivity index (χ4v) is 6.78. The van der Waals surface area contributed by atoms with E-state index < -0.39 is 15.4 Å². The van der Waals surface area contributed by atoms with E-state index in [0.717, 1.165) is 5.56 Å². The van der Waals surface area contributed by atoms with Gasteiger partial charge < -0.3 is 9.64 Å². The smallest absolute Gasteiger partial charge is 0.243 e. The van der Waals surface area contributed by atoms with Gasteiger partial charge in [-0.25, -0.2) is 8.42 Å². The van der Waals surface area contributed by atoms with E-state index in [2.05, 4.69) is 0 Å². The molecule has 8 heteroatoms. The Morgan fingerprint density at radius 3 is 2.41 bits per heavy atom. The van der Waals surface area contributed by atoms with E-state index >= 15 is 0 Å². The summed E-state index contributed by atoms with van der Waals surface area (Å²) in [5.74, 6) is 0.589. The van der Waals surface area contributed by atoms with Crippen LogP contribution < -0.4 is 4.74 Å². The molecule has 196 valence electrons.